The van der Waals surface area contributed by atoms with Gasteiger partial charge in [0.2, 0.25) is 0 Å². The van der Waals surface area contributed by atoms with E-state index in [1.807, 2.05) is 0 Å². The van der Waals surface area contributed by atoms with Crippen LogP contribution in [0.4, 0.5) is 11.4 Å². The number of hydrogen-bond acceptors (Lipinski definition) is 5. The third-order valence-electron chi connectivity index (χ3n) is 2.46. The van der Waals surface area contributed by atoms with Crippen LogP contribution in [0.2, 0.25) is 0 Å². The quantitative estimate of drug-likeness (QED) is 0.473. The van der Waals surface area contributed by atoms with Crippen LogP contribution in [0.15, 0.2) is 18.2 Å². The van der Waals surface area contributed by atoms with Gasteiger partial charge in [-0.05, 0) is 39.0 Å². The lowest BCUT2D eigenvalue weighted by Gasteiger charge is -2.15. The molecule has 0 spiro atoms. The normalized spacial score (nSPS) is 11.7. The van der Waals surface area contributed by atoms with Crippen molar-refractivity contribution in [2.75, 3.05) is 17.7 Å². The molecule has 0 aliphatic carbocycles. The topological polar surface area (TPSA) is 81.4 Å². The van der Waals surface area contributed by atoms with Crippen LogP contribution < -0.4 is 11.1 Å². The highest BCUT2D eigenvalue weighted by atomic mass is 16.5. The van der Waals surface area contributed by atoms with E-state index in [1.165, 1.54) is 6.92 Å². The fourth-order valence-electron chi connectivity index (χ4n) is 1.53. The van der Waals surface area contributed by atoms with E-state index in [0.29, 0.717) is 23.5 Å². The maximum absolute atomic E-state index is 11.5. The molecule has 18 heavy (non-hydrogen) atoms. The van der Waals surface area contributed by atoms with E-state index in [4.69, 9.17) is 10.5 Å². The van der Waals surface area contributed by atoms with E-state index in [9.17, 15) is 9.59 Å². The molecule has 0 bridgehead atoms. The van der Waals surface area contributed by atoms with Crippen molar-refractivity contribution in [1.82, 2.24) is 0 Å². The number of Topliss-reactive ketones (excluding diaryl/α,β-unsaturated/α-hetero) is 1. The average molecular weight is 250 g/mol. The summed E-state index contributed by atoms with van der Waals surface area (Å²) in [4.78, 5) is 22.8. The first-order valence-corrected chi connectivity index (χ1v) is 5.79. The molecule has 0 fully saturated rings. The van der Waals surface area contributed by atoms with Gasteiger partial charge in [-0.15, -0.1) is 0 Å². The van der Waals surface area contributed by atoms with Gasteiger partial charge in [-0.3, -0.25) is 4.79 Å². The number of rotatable bonds is 5. The SMILES string of the molecule is CCOC(=O)C(C)Nc1ccc(N)c(C(C)=O)c1. The molecular formula is C13H18N2O3. The number of benzene rings is 1. The number of esters is 1. The van der Waals surface area contributed by atoms with Gasteiger partial charge >= 0.3 is 5.97 Å². The molecule has 0 saturated carbocycles. The first-order valence-electron chi connectivity index (χ1n) is 5.79. The van der Waals surface area contributed by atoms with Crippen molar-refractivity contribution in [3.63, 3.8) is 0 Å². The van der Waals surface area contributed by atoms with Crippen LogP contribution in [0, 0.1) is 0 Å². The molecule has 0 saturated heterocycles. The Hall–Kier alpha value is -2.04. The maximum Gasteiger partial charge on any atom is 0.328 e. The Morgan fingerprint density at radius 2 is 2.11 bits per heavy atom. The fourth-order valence-corrected chi connectivity index (χ4v) is 1.53. The summed E-state index contributed by atoms with van der Waals surface area (Å²) in [7, 11) is 0. The summed E-state index contributed by atoms with van der Waals surface area (Å²) in [5, 5.41) is 2.97. The summed E-state index contributed by atoms with van der Waals surface area (Å²) in [5.74, 6) is -0.446. The molecule has 5 heteroatoms. The first-order chi connectivity index (χ1) is 8.45. The Bertz CT molecular complexity index is 458. The van der Waals surface area contributed by atoms with E-state index in [-0.39, 0.29) is 11.8 Å². The minimum absolute atomic E-state index is 0.111. The maximum atomic E-state index is 11.5. The number of hydrogen-bond donors (Lipinski definition) is 2. The van der Waals surface area contributed by atoms with Gasteiger partial charge in [-0.25, -0.2) is 4.79 Å². The molecule has 1 aromatic rings. The predicted octanol–water partition coefficient (Wildman–Crippen LogP) is 1.83. The number of ketones is 1. The van der Waals surface area contributed by atoms with Gasteiger partial charge in [-0.2, -0.15) is 0 Å². The number of carbonyl (C=O) groups is 2. The summed E-state index contributed by atoms with van der Waals surface area (Å²) in [6.45, 7) is 5.24. The van der Waals surface area contributed by atoms with Gasteiger partial charge in [0.25, 0.3) is 0 Å². The van der Waals surface area contributed by atoms with Gasteiger partial charge in [0.05, 0.1) is 6.61 Å². The summed E-state index contributed by atoms with van der Waals surface area (Å²) >= 11 is 0. The molecule has 0 radical (unpaired) electrons. The Morgan fingerprint density at radius 1 is 1.44 bits per heavy atom. The molecule has 0 aliphatic rings. The van der Waals surface area contributed by atoms with Crippen LogP contribution in [0.5, 0.6) is 0 Å². The molecule has 1 aromatic carbocycles. The van der Waals surface area contributed by atoms with Crippen LogP contribution in [0.1, 0.15) is 31.1 Å². The number of ether oxygens (including phenoxy) is 1. The molecular weight excluding hydrogens is 232 g/mol. The zero-order chi connectivity index (χ0) is 13.7. The molecule has 5 nitrogen and oxygen atoms in total. The minimum atomic E-state index is -0.478. The predicted molar refractivity (Wildman–Crippen MR) is 70.6 cm³/mol. The van der Waals surface area contributed by atoms with E-state index >= 15 is 0 Å². The van der Waals surface area contributed by atoms with Crippen molar-refractivity contribution in [1.29, 1.82) is 0 Å². The highest BCUT2D eigenvalue weighted by molar-refractivity contribution is 6.00. The number of nitrogens with two attached hydrogens (primary N) is 1. The molecule has 1 atom stereocenters. The molecule has 0 aliphatic heterocycles. The van der Waals surface area contributed by atoms with E-state index in [0.717, 1.165) is 0 Å². The molecule has 98 valence electrons. The summed E-state index contributed by atoms with van der Waals surface area (Å²) in [6.07, 6.45) is 0. The van der Waals surface area contributed by atoms with Crippen molar-refractivity contribution in [3.05, 3.63) is 23.8 Å². The molecule has 0 amide bonds. The summed E-state index contributed by atoms with van der Waals surface area (Å²) < 4.78 is 4.88. The number of anilines is 2. The number of nitrogens with one attached hydrogen (secondary N) is 1. The van der Waals surface area contributed by atoms with Crippen LogP contribution in [0.3, 0.4) is 0 Å². The van der Waals surface area contributed by atoms with E-state index in [2.05, 4.69) is 5.32 Å². The zero-order valence-electron chi connectivity index (χ0n) is 10.8. The molecule has 1 unspecified atom stereocenters. The number of carbonyl (C=O) groups excluding carboxylic acids is 2. The first kappa shape index (κ1) is 14.0. The highest BCUT2D eigenvalue weighted by Gasteiger charge is 2.14. The third kappa shape index (κ3) is 3.48. The fraction of sp³-hybridized carbons (Fsp3) is 0.385. The Kier molecular flexibility index (Phi) is 4.71. The van der Waals surface area contributed by atoms with Crippen LogP contribution in [0.25, 0.3) is 0 Å². The highest BCUT2D eigenvalue weighted by Crippen LogP contribution is 2.19. The monoisotopic (exact) mass is 250 g/mol. The second-order valence-corrected chi connectivity index (χ2v) is 3.98. The van der Waals surface area contributed by atoms with Crippen molar-refractivity contribution in [2.45, 2.75) is 26.8 Å². The van der Waals surface area contributed by atoms with Crippen LogP contribution in [-0.4, -0.2) is 24.4 Å². The van der Waals surface area contributed by atoms with Crippen molar-refractivity contribution in [2.24, 2.45) is 0 Å². The second-order valence-electron chi connectivity index (χ2n) is 3.98. The van der Waals surface area contributed by atoms with Gasteiger partial charge in [0.1, 0.15) is 6.04 Å². The average Bonchev–Trinajstić information content (AvgIpc) is 2.31. The lowest BCUT2D eigenvalue weighted by molar-refractivity contribution is -0.143. The van der Waals surface area contributed by atoms with Crippen molar-refractivity contribution >= 4 is 23.1 Å². The standard InChI is InChI=1S/C13H18N2O3/c1-4-18-13(17)8(2)15-10-5-6-12(14)11(7-10)9(3)16/h5-8,15H,4,14H2,1-3H3. The van der Waals surface area contributed by atoms with Crippen molar-refractivity contribution < 1.29 is 14.3 Å². The van der Waals surface area contributed by atoms with Crippen LogP contribution >= 0.6 is 0 Å². The van der Waals surface area contributed by atoms with Gasteiger partial charge in [0, 0.05) is 16.9 Å². The smallest absolute Gasteiger partial charge is 0.328 e. The largest absolute Gasteiger partial charge is 0.464 e. The second kappa shape index (κ2) is 6.05. The summed E-state index contributed by atoms with van der Waals surface area (Å²) in [5.41, 5.74) is 7.22. The summed E-state index contributed by atoms with van der Waals surface area (Å²) in [6, 6.07) is 4.51. The zero-order valence-corrected chi connectivity index (χ0v) is 10.8. The Labute approximate surface area is 106 Å². The Morgan fingerprint density at radius 3 is 2.67 bits per heavy atom. The lowest BCUT2D eigenvalue weighted by atomic mass is 10.1. The van der Waals surface area contributed by atoms with E-state index in [1.54, 1.807) is 32.0 Å². The third-order valence-corrected chi connectivity index (χ3v) is 2.46. The number of nitrogen functional groups attached to an aromatic ring is 1. The molecule has 0 heterocycles. The van der Waals surface area contributed by atoms with Gasteiger partial charge < -0.3 is 15.8 Å². The van der Waals surface area contributed by atoms with Crippen LogP contribution in [-0.2, 0) is 9.53 Å². The lowest BCUT2D eigenvalue weighted by Crippen LogP contribution is -2.28. The molecule has 0 aromatic heterocycles. The van der Waals surface area contributed by atoms with Crippen molar-refractivity contribution in [3.8, 4) is 0 Å². The Balaban J connectivity index is 2.82. The van der Waals surface area contributed by atoms with Gasteiger partial charge in [0.15, 0.2) is 5.78 Å². The molecule has 1 rings (SSSR count). The molecule has 3 N–H and O–H groups in total. The minimum Gasteiger partial charge on any atom is -0.464 e. The van der Waals surface area contributed by atoms with Gasteiger partial charge in [-0.1, -0.05) is 0 Å². The van der Waals surface area contributed by atoms with E-state index < -0.39 is 6.04 Å².